The van der Waals surface area contributed by atoms with Crippen molar-refractivity contribution in [3.63, 3.8) is 0 Å². The summed E-state index contributed by atoms with van der Waals surface area (Å²) in [6.45, 7) is 3.66. The molecule has 1 heterocycles. The van der Waals surface area contributed by atoms with Gasteiger partial charge in [-0.2, -0.15) is 0 Å². The molecule has 20 heavy (non-hydrogen) atoms. The summed E-state index contributed by atoms with van der Waals surface area (Å²) < 4.78 is 10.8. The molecule has 0 saturated carbocycles. The molecule has 0 atom stereocenters. The Kier molecular flexibility index (Phi) is 5.87. The highest BCUT2D eigenvalue weighted by atomic mass is 16.5. The topological polar surface area (TPSA) is 38.8 Å². The number of benzene rings is 1. The fourth-order valence-electron chi connectivity index (χ4n) is 2.33. The van der Waals surface area contributed by atoms with Crippen molar-refractivity contribution in [3.8, 4) is 11.5 Å². The summed E-state index contributed by atoms with van der Waals surface area (Å²) in [5.41, 5.74) is 0. The molecule has 1 aromatic rings. The van der Waals surface area contributed by atoms with Crippen molar-refractivity contribution in [3.05, 3.63) is 24.3 Å². The number of unbranched alkanes of at least 4 members (excludes halogenated alkanes) is 1. The van der Waals surface area contributed by atoms with Crippen molar-refractivity contribution in [1.29, 1.82) is 0 Å². The monoisotopic (exact) mass is 277 g/mol. The van der Waals surface area contributed by atoms with Crippen molar-refractivity contribution in [2.24, 2.45) is 0 Å². The van der Waals surface area contributed by atoms with E-state index in [0.29, 0.717) is 5.78 Å². The summed E-state index contributed by atoms with van der Waals surface area (Å²) in [6, 6.07) is 7.66. The number of rotatable bonds is 7. The minimum atomic E-state index is 0.407. The molecule has 2 rings (SSSR count). The molecule has 1 aromatic carbocycles. The third kappa shape index (κ3) is 4.85. The van der Waals surface area contributed by atoms with Gasteiger partial charge < -0.3 is 14.4 Å². The number of nitrogens with zero attached hydrogens (tertiary/aromatic N) is 1. The van der Waals surface area contributed by atoms with Crippen molar-refractivity contribution in [1.82, 2.24) is 4.90 Å². The molecule has 0 aliphatic carbocycles. The second kappa shape index (κ2) is 7.90. The van der Waals surface area contributed by atoms with Gasteiger partial charge in [0.15, 0.2) is 0 Å². The molecule has 4 heteroatoms. The lowest BCUT2D eigenvalue weighted by Crippen LogP contribution is -2.34. The Hall–Kier alpha value is -1.55. The highest BCUT2D eigenvalue weighted by Gasteiger charge is 2.14. The minimum Gasteiger partial charge on any atom is -0.497 e. The summed E-state index contributed by atoms with van der Waals surface area (Å²) in [7, 11) is 1.66. The van der Waals surface area contributed by atoms with Gasteiger partial charge in [0, 0.05) is 25.9 Å². The highest BCUT2D eigenvalue weighted by Crippen LogP contribution is 2.17. The number of carbonyl (C=O) groups excluding carboxylic acids is 1. The molecule has 0 aromatic heterocycles. The molecular formula is C16H23NO3. The van der Waals surface area contributed by atoms with Gasteiger partial charge in [-0.25, -0.2) is 0 Å². The van der Waals surface area contributed by atoms with Gasteiger partial charge in [0.25, 0.3) is 0 Å². The Morgan fingerprint density at radius 1 is 1.05 bits per heavy atom. The zero-order valence-electron chi connectivity index (χ0n) is 12.1. The average molecular weight is 277 g/mol. The highest BCUT2D eigenvalue weighted by molar-refractivity contribution is 5.79. The van der Waals surface area contributed by atoms with Gasteiger partial charge in [0.1, 0.15) is 17.3 Å². The van der Waals surface area contributed by atoms with E-state index in [1.54, 1.807) is 7.11 Å². The Morgan fingerprint density at radius 3 is 2.35 bits per heavy atom. The summed E-state index contributed by atoms with van der Waals surface area (Å²) in [6.07, 6.45) is 3.60. The number of carbonyl (C=O) groups is 1. The van der Waals surface area contributed by atoms with E-state index in [9.17, 15) is 4.79 Å². The largest absolute Gasteiger partial charge is 0.497 e. The number of methoxy groups -OCH3 is 1. The van der Waals surface area contributed by atoms with E-state index < -0.39 is 0 Å². The van der Waals surface area contributed by atoms with Crippen LogP contribution in [0.1, 0.15) is 25.7 Å². The molecule has 0 unspecified atom stereocenters. The first-order valence-corrected chi connectivity index (χ1v) is 7.29. The van der Waals surface area contributed by atoms with Crippen LogP contribution in [0.25, 0.3) is 0 Å². The first kappa shape index (κ1) is 14.9. The number of hydrogen-bond donors (Lipinski definition) is 0. The zero-order chi connectivity index (χ0) is 14.2. The fraction of sp³-hybridized carbons (Fsp3) is 0.562. The van der Waals surface area contributed by atoms with Crippen LogP contribution in [0.3, 0.4) is 0 Å². The Labute approximate surface area is 120 Å². The standard InChI is InChI=1S/C16H23NO3/c1-19-15-4-6-16(7-5-15)20-13-3-2-10-17-11-8-14(18)9-12-17/h4-7H,2-3,8-13H2,1H3. The summed E-state index contributed by atoms with van der Waals surface area (Å²) in [5, 5.41) is 0. The van der Waals surface area contributed by atoms with Gasteiger partial charge >= 0.3 is 0 Å². The smallest absolute Gasteiger partial charge is 0.135 e. The predicted octanol–water partition coefficient (Wildman–Crippen LogP) is 2.52. The van der Waals surface area contributed by atoms with Crippen LogP contribution in [0.5, 0.6) is 11.5 Å². The second-order valence-corrected chi connectivity index (χ2v) is 5.11. The molecule has 0 bridgehead atoms. The number of Topliss-reactive ketones (excluding diaryl/α,β-unsaturated/α-hetero) is 1. The Balaban J connectivity index is 1.56. The van der Waals surface area contributed by atoms with Crippen LogP contribution < -0.4 is 9.47 Å². The molecule has 0 amide bonds. The van der Waals surface area contributed by atoms with Crippen LogP contribution in [-0.4, -0.2) is 44.0 Å². The lowest BCUT2D eigenvalue weighted by atomic mass is 10.1. The van der Waals surface area contributed by atoms with Crippen LogP contribution in [0.15, 0.2) is 24.3 Å². The predicted molar refractivity (Wildman–Crippen MR) is 78.4 cm³/mol. The van der Waals surface area contributed by atoms with E-state index in [-0.39, 0.29) is 0 Å². The van der Waals surface area contributed by atoms with Gasteiger partial charge in [0.05, 0.1) is 13.7 Å². The molecule has 1 aliphatic rings. The maximum atomic E-state index is 11.1. The quantitative estimate of drug-likeness (QED) is 0.718. The summed E-state index contributed by atoms with van der Waals surface area (Å²) in [5.74, 6) is 2.13. The maximum Gasteiger partial charge on any atom is 0.135 e. The van der Waals surface area contributed by atoms with Crippen LogP contribution in [0.4, 0.5) is 0 Å². The van der Waals surface area contributed by atoms with E-state index in [2.05, 4.69) is 4.90 Å². The lowest BCUT2D eigenvalue weighted by molar-refractivity contribution is -0.121. The third-order valence-electron chi connectivity index (χ3n) is 3.61. The van der Waals surface area contributed by atoms with E-state index in [4.69, 9.17) is 9.47 Å². The van der Waals surface area contributed by atoms with Gasteiger partial charge in [-0.05, 0) is 43.7 Å². The molecule has 110 valence electrons. The first-order valence-electron chi connectivity index (χ1n) is 7.29. The van der Waals surface area contributed by atoms with Crippen molar-refractivity contribution >= 4 is 5.78 Å². The van der Waals surface area contributed by atoms with Gasteiger partial charge in [-0.3, -0.25) is 4.79 Å². The van der Waals surface area contributed by atoms with Crippen LogP contribution in [0, 0.1) is 0 Å². The van der Waals surface area contributed by atoms with Crippen molar-refractivity contribution < 1.29 is 14.3 Å². The number of ether oxygens (including phenoxy) is 2. The van der Waals surface area contributed by atoms with E-state index >= 15 is 0 Å². The van der Waals surface area contributed by atoms with Gasteiger partial charge in [-0.1, -0.05) is 0 Å². The molecule has 0 radical (unpaired) electrons. The summed E-state index contributed by atoms with van der Waals surface area (Å²) >= 11 is 0. The minimum absolute atomic E-state index is 0.407. The second-order valence-electron chi connectivity index (χ2n) is 5.11. The van der Waals surface area contributed by atoms with Crippen LogP contribution in [0.2, 0.25) is 0 Å². The van der Waals surface area contributed by atoms with Crippen LogP contribution >= 0.6 is 0 Å². The normalized spacial score (nSPS) is 16.1. The molecular weight excluding hydrogens is 254 g/mol. The van der Waals surface area contributed by atoms with Crippen molar-refractivity contribution in [2.75, 3.05) is 33.4 Å². The van der Waals surface area contributed by atoms with E-state index in [1.165, 1.54) is 0 Å². The molecule has 1 fully saturated rings. The molecule has 0 N–H and O–H groups in total. The molecule has 4 nitrogen and oxygen atoms in total. The maximum absolute atomic E-state index is 11.1. The summed E-state index contributed by atoms with van der Waals surface area (Å²) in [4.78, 5) is 13.5. The number of piperidine rings is 1. The lowest BCUT2D eigenvalue weighted by Gasteiger charge is -2.25. The Morgan fingerprint density at radius 2 is 1.70 bits per heavy atom. The zero-order valence-corrected chi connectivity index (χ0v) is 12.1. The number of likely N-dealkylation sites (tertiary alicyclic amines) is 1. The Bertz CT molecular complexity index is 406. The number of ketones is 1. The first-order chi connectivity index (χ1) is 9.78. The number of hydrogen-bond acceptors (Lipinski definition) is 4. The molecule has 0 spiro atoms. The van der Waals surface area contributed by atoms with Crippen molar-refractivity contribution in [2.45, 2.75) is 25.7 Å². The van der Waals surface area contributed by atoms with Gasteiger partial charge in [0.2, 0.25) is 0 Å². The van der Waals surface area contributed by atoms with Crippen LogP contribution in [-0.2, 0) is 4.79 Å². The van der Waals surface area contributed by atoms with E-state index in [1.807, 2.05) is 24.3 Å². The molecule has 1 aliphatic heterocycles. The average Bonchev–Trinajstić information content (AvgIpc) is 2.49. The molecule has 1 saturated heterocycles. The third-order valence-corrected chi connectivity index (χ3v) is 3.61. The SMILES string of the molecule is COc1ccc(OCCCCN2CCC(=O)CC2)cc1. The fourth-order valence-corrected chi connectivity index (χ4v) is 2.33. The van der Waals surface area contributed by atoms with Gasteiger partial charge in [-0.15, -0.1) is 0 Å². The van der Waals surface area contributed by atoms with E-state index in [0.717, 1.165) is 63.4 Å².